The average molecular weight is 392 g/mol. The molecule has 4 nitrogen and oxygen atoms in total. The molecule has 0 saturated carbocycles. The minimum absolute atomic E-state index is 0.0133. The maximum atomic E-state index is 11.9. The van der Waals surface area contributed by atoms with E-state index in [1.807, 2.05) is 12.1 Å². The number of anilines is 1. The Morgan fingerprint density at radius 2 is 1.68 bits per heavy atom. The average Bonchev–Trinajstić information content (AvgIpc) is 2.71. The highest BCUT2D eigenvalue weighted by molar-refractivity contribution is 7.80. The Labute approximate surface area is 171 Å². The first-order valence-corrected chi connectivity index (χ1v) is 9.78. The van der Waals surface area contributed by atoms with Gasteiger partial charge in [0.15, 0.2) is 5.11 Å². The SMILES string of the molecule is CN(C)C(=O)c1ccc(NC(=S)NCCCc2cccc3ccccc23)cc1. The van der Waals surface area contributed by atoms with Crippen LogP contribution < -0.4 is 10.6 Å². The summed E-state index contributed by atoms with van der Waals surface area (Å²) in [7, 11) is 3.48. The minimum atomic E-state index is -0.0133. The van der Waals surface area contributed by atoms with Crippen molar-refractivity contribution in [3.05, 3.63) is 77.9 Å². The van der Waals surface area contributed by atoms with E-state index in [1.165, 1.54) is 16.3 Å². The largest absolute Gasteiger partial charge is 0.362 e. The first kappa shape index (κ1) is 19.8. The van der Waals surface area contributed by atoms with Gasteiger partial charge in [0.25, 0.3) is 5.91 Å². The Hall–Kier alpha value is -2.92. The van der Waals surface area contributed by atoms with Crippen LogP contribution in [0.3, 0.4) is 0 Å². The third-order valence-corrected chi connectivity index (χ3v) is 4.83. The zero-order valence-corrected chi connectivity index (χ0v) is 17.1. The van der Waals surface area contributed by atoms with E-state index in [1.54, 1.807) is 31.1 Å². The van der Waals surface area contributed by atoms with Crippen LogP contribution in [0.5, 0.6) is 0 Å². The van der Waals surface area contributed by atoms with Gasteiger partial charge in [-0.1, -0.05) is 42.5 Å². The predicted octanol–water partition coefficient (Wildman–Crippen LogP) is 4.46. The van der Waals surface area contributed by atoms with E-state index in [9.17, 15) is 4.79 Å². The number of nitrogens with one attached hydrogen (secondary N) is 2. The van der Waals surface area contributed by atoms with E-state index in [4.69, 9.17) is 12.2 Å². The van der Waals surface area contributed by atoms with Gasteiger partial charge in [-0.15, -0.1) is 0 Å². The molecular formula is C23H25N3OS. The normalized spacial score (nSPS) is 10.5. The molecular weight excluding hydrogens is 366 g/mol. The highest BCUT2D eigenvalue weighted by atomic mass is 32.1. The third-order valence-electron chi connectivity index (χ3n) is 4.58. The summed E-state index contributed by atoms with van der Waals surface area (Å²) in [5.41, 5.74) is 2.88. The lowest BCUT2D eigenvalue weighted by atomic mass is 10.0. The number of amides is 1. The maximum absolute atomic E-state index is 11.9. The summed E-state index contributed by atoms with van der Waals surface area (Å²) < 4.78 is 0. The summed E-state index contributed by atoms with van der Waals surface area (Å²) in [6.45, 7) is 0.798. The molecule has 0 aliphatic heterocycles. The second kappa shape index (κ2) is 9.33. The highest BCUT2D eigenvalue weighted by Crippen LogP contribution is 2.19. The molecule has 5 heteroatoms. The Bertz CT molecular complexity index is 962. The Kier molecular flexibility index (Phi) is 6.61. The number of hydrogen-bond donors (Lipinski definition) is 2. The smallest absolute Gasteiger partial charge is 0.253 e. The van der Waals surface area contributed by atoms with Crippen molar-refractivity contribution in [2.24, 2.45) is 0 Å². The molecule has 0 saturated heterocycles. The van der Waals surface area contributed by atoms with Crippen molar-refractivity contribution in [2.45, 2.75) is 12.8 Å². The number of carbonyl (C=O) groups is 1. The summed E-state index contributed by atoms with van der Waals surface area (Å²) in [6.07, 6.45) is 1.99. The van der Waals surface area contributed by atoms with Gasteiger partial charge in [-0.2, -0.15) is 0 Å². The monoisotopic (exact) mass is 391 g/mol. The molecule has 0 aliphatic carbocycles. The second-order valence-electron chi connectivity index (χ2n) is 6.90. The summed E-state index contributed by atoms with van der Waals surface area (Å²) in [5.74, 6) is -0.0133. The van der Waals surface area contributed by atoms with E-state index < -0.39 is 0 Å². The molecule has 0 aromatic heterocycles. The molecule has 0 aliphatic rings. The fourth-order valence-corrected chi connectivity index (χ4v) is 3.34. The number of nitrogens with zero attached hydrogens (tertiary/aromatic N) is 1. The van der Waals surface area contributed by atoms with Crippen molar-refractivity contribution in [3.8, 4) is 0 Å². The Morgan fingerprint density at radius 3 is 2.43 bits per heavy atom. The van der Waals surface area contributed by atoms with Crippen LogP contribution in [0.15, 0.2) is 66.7 Å². The van der Waals surface area contributed by atoms with Crippen LogP contribution >= 0.6 is 12.2 Å². The molecule has 0 heterocycles. The number of benzene rings is 3. The van der Waals surface area contributed by atoms with Crippen LogP contribution in [-0.2, 0) is 6.42 Å². The van der Waals surface area contributed by atoms with Gasteiger partial charge < -0.3 is 15.5 Å². The molecule has 0 spiro atoms. The predicted molar refractivity (Wildman–Crippen MR) is 121 cm³/mol. The zero-order chi connectivity index (χ0) is 19.9. The van der Waals surface area contributed by atoms with Crippen molar-refractivity contribution < 1.29 is 4.79 Å². The van der Waals surface area contributed by atoms with Crippen molar-refractivity contribution in [1.29, 1.82) is 0 Å². The molecule has 3 rings (SSSR count). The second-order valence-corrected chi connectivity index (χ2v) is 7.31. The highest BCUT2D eigenvalue weighted by Gasteiger charge is 2.07. The molecule has 144 valence electrons. The number of rotatable bonds is 6. The lowest BCUT2D eigenvalue weighted by Gasteiger charge is -2.13. The summed E-state index contributed by atoms with van der Waals surface area (Å²) in [5, 5.41) is 9.60. The van der Waals surface area contributed by atoms with Gasteiger partial charge in [0, 0.05) is 31.9 Å². The van der Waals surface area contributed by atoms with E-state index in [-0.39, 0.29) is 5.91 Å². The molecule has 2 N–H and O–H groups in total. The molecule has 3 aromatic carbocycles. The van der Waals surface area contributed by atoms with Crippen molar-refractivity contribution in [2.75, 3.05) is 26.0 Å². The van der Waals surface area contributed by atoms with Gasteiger partial charge in [-0.25, -0.2) is 0 Å². The molecule has 0 atom stereocenters. The molecule has 0 unspecified atom stereocenters. The number of carbonyl (C=O) groups excluding carboxylic acids is 1. The van der Waals surface area contributed by atoms with Crippen LogP contribution in [0.4, 0.5) is 5.69 Å². The molecule has 0 radical (unpaired) electrons. The van der Waals surface area contributed by atoms with Gasteiger partial charge in [-0.3, -0.25) is 4.79 Å². The van der Waals surface area contributed by atoms with Crippen molar-refractivity contribution in [1.82, 2.24) is 10.2 Å². The molecule has 0 bridgehead atoms. The van der Waals surface area contributed by atoms with Crippen LogP contribution in [0.25, 0.3) is 10.8 Å². The number of hydrogen-bond acceptors (Lipinski definition) is 2. The van der Waals surface area contributed by atoms with Gasteiger partial charge in [0.2, 0.25) is 0 Å². The van der Waals surface area contributed by atoms with Crippen LogP contribution in [0.1, 0.15) is 22.3 Å². The first-order valence-electron chi connectivity index (χ1n) is 9.38. The maximum Gasteiger partial charge on any atom is 0.253 e. The van der Waals surface area contributed by atoms with Crippen LogP contribution in [0, 0.1) is 0 Å². The number of thiocarbonyl (C=S) groups is 1. The molecule has 0 fully saturated rings. The fourth-order valence-electron chi connectivity index (χ4n) is 3.12. The zero-order valence-electron chi connectivity index (χ0n) is 16.2. The summed E-state index contributed by atoms with van der Waals surface area (Å²) >= 11 is 5.37. The minimum Gasteiger partial charge on any atom is -0.362 e. The first-order chi connectivity index (χ1) is 13.5. The third kappa shape index (κ3) is 5.08. The Balaban J connectivity index is 1.46. The van der Waals surface area contributed by atoms with Gasteiger partial charge in [-0.05, 0) is 65.7 Å². The van der Waals surface area contributed by atoms with E-state index in [0.717, 1.165) is 25.1 Å². The van der Waals surface area contributed by atoms with Crippen molar-refractivity contribution >= 4 is 39.7 Å². The lowest BCUT2D eigenvalue weighted by molar-refractivity contribution is 0.0827. The Morgan fingerprint density at radius 1 is 0.964 bits per heavy atom. The van der Waals surface area contributed by atoms with Crippen LogP contribution in [-0.4, -0.2) is 36.6 Å². The number of aryl methyl sites for hydroxylation is 1. The number of fused-ring (bicyclic) bond motifs is 1. The fraction of sp³-hybridized carbons (Fsp3) is 0.217. The van der Waals surface area contributed by atoms with Gasteiger partial charge in [0.1, 0.15) is 0 Å². The van der Waals surface area contributed by atoms with Gasteiger partial charge >= 0.3 is 0 Å². The van der Waals surface area contributed by atoms with Crippen molar-refractivity contribution in [3.63, 3.8) is 0 Å². The summed E-state index contributed by atoms with van der Waals surface area (Å²) in [6, 6.07) is 22.2. The van der Waals surface area contributed by atoms with Gasteiger partial charge in [0.05, 0.1) is 0 Å². The van der Waals surface area contributed by atoms with E-state index in [0.29, 0.717) is 10.7 Å². The molecule has 28 heavy (non-hydrogen) atoms. The molecule has 1 amide bonds. The summed E-state index contributed by atoms with van der Waals surface area (Å²) in [4.78, 5) is 13.5. The van der Waals surface area contributed by atoms with E-state index >= 15 is 0 Å². The van der Waals surface area contributed by atoms with E-state index in [2.05, 4.69) is 53.1 Å². The molecule has 3 aromatic rings. The lowest BCUT2D eigenvalue weighted by Crippen LogP contribution is -2.29. The standard InChI is InChI=1S/C23H25N3OS/c1-26(2)22(27)19-12-14-20(15-13-19)25-23(28)24-16-6-10-18-9-5-8-17-7-3-4-11-21(17)18/h3-5,7-9,11-15H,6,10,16H2,1-2H3,(H2,24,25,28). The van der Waals surface area contributed by atoms with Crippen LogP contribution in [0.2, 0.25) is 0 Å². The topological polar surface area (TPSA) is 44.4 Å². The quantitative estimate of drug-likeness (QED) is 0.481.